The number of amidine groups is 1. The average Bonchev–Trinajstić information content (AvgIpc) is 3.07. The number of nitrogens with two attached hydrogens (primary N) is 1. The zero-order valence-electron chi connectivity index (χ0n) is 23.6. The van der Waals surface area contributed by atoms with Gasteiger partial charge < -0.3 is 5.73 Å². The molecule has 3 heteroatoms. The van der Waals surface area contributed by atoms with Crippen LogP contribution in [0.25, 0.3) is 54.8 Å². The summed E-state index contributed by atoms with van der Waals surface area (Å²) in [4.78, 5) is 9.60. The molecule has 0 aliphatic heterocycles. The van der Waals surface area contributed by atoms with Gasteiger partial charge in [-0.05, 0) is 68.6 Å². The van der Waals surface area contributed by atoms with Crippen molar-refractivity contribution in [3.05, 3.63) is 175 Å². The third-order valence-corrected chi connectivity index (χ3v) is 7.82. The van der Waals surface area contributed by atoms with E-state index in [4.69, 9.17) is 10.7 Å². The van der Waals surface area contributed by atoms with E-state index in [2.05, 4.69) is 103 Å². The van der Waals surface area contributed by atoms with E-state index < -0.39 is 0 Å². The maximum absolute atomic E-state index is 6.65. The minimum absolute atomic E-state index is 0.456. The van der Waals surface area contributed by atoms with E-state index in [0.717, 1.165) is 60.8 Å². The summed E-state index contributed by atoms with van der Waals surface area (Å²) in [6.07, 6.45) is 3.94. The number of pyridine rings is 1. The number of aromatic nitrogens is 1. The standard InChI is InChI=1S/C40H29N3/c1-27(28-14-16-31(17-15-28)37-25-34-12-6-7-13-38(34)42-26-37)22-39(35-20-18-29-8-2-4-10-32(29)23-35)43-40(41)36-21-19-30-9-3-5-11-33(30)24-36/h2-26H,1H2,(H2,41,43)/b39-22-. The van der Waals surface area contributed by atoms with Crippen LogP contribution < -0.4 is 5.73 Å². The number of fused-ring (bicyclic) bond motifs is 3. The lowest BCUT2D eigenvalue weighted by atomic mass is 9.99. The number of rotatable bonds is 6. The van der Waals surface area contributed by atoms with Crippen molar-refractivity contribution in [1.82, 2.24) is 4.98 Å². The summed E-state index contributed by atoms with van der Waals surface area (Å²) in [6.45, 7) is 4.42. The number of para-hydroxylation sites is 1. The highest BCUT2D eigenvalue weighted by Crippen LogP contribution is 2.29. The van der Waals surface area contributed by atoms with Crippen LogP contribution >= 0.6 is 0 Å². The normalized spacial score (nSPS) is 12.2. The molecule has 0 atom stereocenters. The highest BCUT2D eigenvalue weighted by molar-refractivity contribution is 6.04. The number of allylic oxidation sites excluding steroid dienone is 2. The van der Waals surface area contributed by atoms with Gasteiger partial charge >= 0.3 is 0 Å². The fraction of sp³-hybridized carbons (Fsp3) is 0. The van der Waals surface area contributed by atoms with Crippen molar-refractivity contribution in [2.45, 2.75) is 0 Å². The maximum atomic E-state index is 6.65. The molecular formula is C40H29N3. The Morgan fingerprint density at radius 3 is 1.81 bits per heavy atom. The van der Waals surface area contributed by atoms with Gasteiger partial charge in [0.25, 0.3) is 0 Å². The molecule has 204 valence electrons. The average molecular weight is 552 g/mol. The first-order chi connectivity index (χ1) is 21.1. The predicted molar refractivity (Wildman–Crippen MR) is 183 cm³/mol. The summed E-state index contributed by atoms with van der Waals surface area (Å²) in [6, 6.07) is 47.9. The molecule has 7 aromatic rings. The highest BCUT2D eigenvalue weighted by Gasteiger charge is 2.09. The molecule has 0 bridgehead atoms. The zero-order valence-corrected chi connectivity index (χ0v) is 23.6. The predicted octanol–water partition coefficient (Wildman–Crippen LogP) is 9.67. The number of benzene rings is 6. The van der Waals surface area contributed by atoms with Crippen LogP contribution in [0.15, 0.2) is 163 Å². The Balaban J connectivity index is 1.25. The van der Waals surface area contributed by atoms with Crippen molar-refractivity contribution in [3.8, 4) is 11.1 Å². The van der Waals surface area contributed by atoms with Gasteiger partial charge in [-0.15, -0.1) is 0 Å². The van der Waals surface area contributed by atoms with Crippen molar-refractivity contribution in [3.63, 3.8) is 0 Å². The van der Waals surface area contributed by atoms with Gasteiger partial charge in [-0.2, -0.15) is 0 Å². The quantitative estimate of drug-likeness (QED) is 0.127. The minimum Gasteiger partial charge on any atom is -0.383 e. The lowest BCUT2D eigenvalue weighted by molar-refractivity contribution is 1.41. The third kappa shape index (κ3) is 5.44. The Morgan fingerprint density at radius 2 is 1.12 bits per heavy atom. The van der Waals surface area contributed by atoms with Gasteiger partial charge in [0, 0.05) is 28.3 Å². The monoisotopic (exact) mass is 551 g/mol. The molecule has 6 aromatic carbocycles. The number of aliphatic imine (C=N–C) groups is 1. The minimum atomic E-state index is 0.456. The molecule has 0 aliphatic rings. The van der Waals surface area contributed by atoms with Crippen LogP contribution in [-0.4, -0.2) is 10.8 Å². The fourth-order valence-corrected chi connectivity index (χ4v) is 5.43. The Kier molecular flexibility index (Phi) is 6.82. The Bertz CT molecular complexity index is 2200. The Hall–Kier alpha value is -5.80. The van der Waals surface area contributed by atoms with E-state index >= 15 is 0 Å². The first-order valence-electron chi connectivity index (χ1n) is 14.3. The van der Waals surface area contributed by atoms with E-state index in [-0.39, 0.29) is 0 Å². The van der Waals surface area contributed by atoms with Gasteiger partial charge in [0.15, 0.2) is 0 Å². The summed E-state index contributed by atoms with van der Waals surface area (Å²) in [5.74, 6) is 0.456. The van der Waals surface area contributed by atoms with Gasteiger partial charge in [0.05, 0.1) is 11.2 Å². The Labute approximate surface area is 251 Å². The van der Waals surface area contributed by atoms with Crippen LogP contribution in [0.1, 0.15) is 16.7 Å². The first kappa shape index (κ1) is 26.1. The molecule has 0 saturated heterocycles. The van der Waals surface area contributed by atoms with Gasteiger partial charge in [-0.25, -0.2) is 4.99 Å². The molecule has 2 N–H and O–H groups in total. The molecule has 0 spiro atoms. The molecule has 0 amide bonds. The fourth-order valence-electron chi connectivity index (χ4n) is 5.43. The van der Waals surface area contributed by atoms with Gasteiger partial charge in [0.1, 0.15) is 5.84 Å². The molecule has 1 heterocycles. The molecule has 0 fully saturated rings. The lowest BCUT2D eigenvalue weighted by Gasteiger charge is -2.10. The Morgan fingerprint density at radius 1 is 0.558 bits per heavy atom. The molecule has 0 unspecified atom stereocenters. The SMILES string of the molecule is C=C(/C=C(\N=C(N)c1ccc2ccccc2c1)c1ccc2ccccc2c1)c1ccc(-c2cnc3ccccc3c2)cc1. The topological polar surface area (TPSA) is 51.3 Å². The van der Waals surface area contributed by atoms with Crippen molar-refractivity contribution in [2.75, 3.05) is 0 Å². The number of nitrogens with zero attached hydrogens (tertiary/aromatic N) is 2. The molecule has 0 aliphatic carbocycles. The van der Waals surface area contributed by atoms with Crippen LogP contribution in [0, 0.1) is 0 Å². The molecule has 1 aromatic heterocycles. The second-order valence-corrected chi connectivity index (χ2v) is 10.7. The summed E-state index contributed by atoms with van der Waals surface area (Å²) in [5, 5.41) is 5.73. The van der Waals surface area contributed by atoms with E-state index in [0.29, 0.717) is 5.84 Å². The van der Waals surface area contributed by atoms with E-state index in [1.54, 1.807) is 0 Å². The number of hydrogen-bond acceptors (Lipinski definition) is 2. The summed E-state index contributed by atoms with van der Waals surface area (Å²) >= 11 is 0. The van der Waals surface area contributed by atoms with E-state index in [1.165, 1.54) is 10.8 Å². The molecule has 43 heavy (non-hydrogen) atoms. The lowest BCUT2D eigenvalue weighted by Crippen LogP contribution is -2.13. The molecule has 0 radical (unpaired) electrons. The van der Waals surface area contributed by atoms with Crippen LogP contribution in [-0.2, 0) is 0 Å². The van der Waals surface area contributed by atoms with Crippen molar-refractivity contribution < 1.29 is 0 Å². The molecule has 7 rings (SSSR count). The van der Waals surface area contributed by atoms with Crippen molar-refractivity contribution in [1.29, 1.82) is 0 Å². The van der Waals surface area contributed by atoms with Gasteiger partial charge in [-0.1, -0.05) is 122 Å². The van der Waals surface area contributed by atoms with Gasteiger partial charge in [-0.3, -0.25) is 4.98 Å². The van der Waals surface area contributed by atoms with Crippen LogP contribution in [0.4, 0.5) is 0 Å². The summed E-state index contributed by atoms with van der Waals surface area (Å²) in [7, 11) is 0. The van der Waals surface area contributed by atoms with Crippen LogP contribution in [0.3, 0.4) is 0 Å². The summed E-state index contributed by atoms with van der Waals surface area (Å²) < 4.78 is 0. The second kappa shape index (κ2) is 11.2. The highest BCUT2D eigenvalue weighted by atomic mass is 14.9. The van der Waals surface area contributed by atoms with E-state index in [9.17, 15) is 0 Å². The third-order valence-electron chi connectivity index (χ3n) is 7.82. The van der Waals surface area contributed by atoms with Crippen LogP contribution in [0.5, 0.6) is 0 Å². The van der Waals surface area contributed by atoms with Crippen LogP contribution in [0.2, 0.25) is 0 Å². The zero-order chi connectivity index (χ0) is 29.2. The summed E-state index contributed by atoms with van der Waals surface area (Å²) in [5.41, 5.74) is 14.3. The largest absolute Gasteiger partial charge is 0.383 e. The smallest absolute Gasteiger partial charge is 0.131 e. The molecule has 0 saturated carbocycles. The second-order valence-electron chi connectivity index (χ2n) is 10.7. The molecular weight excluding hydrogens is 522 g/mol. The van der Waals surface area contributed by atoms with Crippen molar-refractivity contribution >= 4 is 49.6 Å². The maximum Gasteiger partial charge on any atom is 0.131 e. The van der Waals surface area contributed by atoms with E-state index in [1.807, 2.05) is 60.8 Å². The molecule has 3 nitrogen and oxygen atoms in total. The number of hydrogen-bond donors (Lipinski definition) is 1. The van der Waals surface area contributed by atoms with Crippen molar-refractivity contribution in [2.24, 2.45) is 10.7 Å². The first-order valence-corrected chi connectivity index (χ1v) is 14.3. The van der Waals surface area contributed by atoms with Gasteiger partial charge in [0.2, 0.25) is 0 Å².